The molecule has 0 aliphatic heterocycles. The van der Waals surface area contributed by atoms with Crippen molar-refractivity contribution in [3.8, 4) is 0 Å². The molecule has 0 aliphatic rings. The van der Waals surface area contributed by atoms with Gasteiger partial charge in [-0.25, -0.2) is 18.1 Å². The molecule has 14 heavy (non-hydrogen) atoms. The van der Waals surface area contributed by atoms with E-state index in [1.807, 2.05) is 0 Å². The Morgan fingerprint density at radius 3 is 2.93 bits per heavy atom. The first-order valence-corrected chi connectivity index (χ1v) is 5.68. The summed E-state index contributed by atoms with van der Waals surface area (Å²) in [6.07, 6.45) is 3.15. The number of aliphatic hydroxyl groups is 1. The molecule has 0 radical (unpaired) electrons. The zero-order valence-corrected chi connectivity index (χ0v) is 8.58. The van der Waals surface area contributed by atoms with E-state index in [-0.39, 0.29) is 6.54 Å². The number of sulfonamides is 1. The van der Waals surface area contributed by atoms with E-state index in [0.29, 0.717) is 5.82 Å². The lowest BCUT2D eigenvalue weighted by molar-refractivity contribution is 0.294. The van der Waals surface area contributed by atoms with Gasteiger partial charge in [-0.2, -0.15) is 0 Å². The van der Waals surface area contributed by atoms with Crippen LogP contribution in [0.15, 0.2) is 12.4 Å². The highest BCUT2D eigenvalue weighted by Crippen LogP contribution is 1.98. The van der Waals surface area contributed by atoms with Gasteiger partial charge in [0.25, 0.3) is 0 Å². The van der Waals surface area contributed by atoms with Crippen LogP contribution >= 0.6 is 0 Å². The third-order valence-electron chi connectivity index (χ3n) is 1.78. The highest BCUT2D eigenvalue weighted by atomic mass is 32.2. The Kier molecular flexibility index (Phi) is 3.62. The largest absolute Gasteiger partial charge is 0.395 e. The van der Waals surface area contributed by atoms with Gasteiger partial charge in [0.1, 0.15) is 5.82 Å². The number of aromatic amines is 1. The molecule has 1 atom stereocenters. The average Bonchev–Trinajstić information content (AvgIpc) is 2.66. The minimum absolute atomic E-state index is 0.111. The van der Waals surface area contributed by atoms with Gasteiger partial charge in [-0.05, 0) is 6.92 Å². The van der Waals surface area contributed by atoms with Crippen LogP contribution in [0.5, 0.6) is 0 Å². The second-order valence-electron chi connectivity index (χ2n) is 2.90. The average molecular weight is 219 g/mol. The van der Waals surface area contributed by atoms with Crippen molar-refractivity contribution in [2.75, 3.05) is 6.61 Å². The van der Waals surface area contributed by atoms with Crippen LogP contribution in [0.25, 0.3) is 0 Å². The molecule has 7 heteroatoms. The van der Waals surface area contributed by atoms with E-state index in [4.69, 9.17) is 5.11 Å². The summed E-state index contributed by atoms with van der Waals surface area (Å²) in [7, 11) is -3.45. The van der Waals surface area contributed by atoms with Gasteiger partial charge in [0.05, 0.1) is 18.4 Å². The lowest BCUT2D eigenvalue weighted by Gasteiger charge is -2.09. The maximum atomic E-state index is 11.3. The molecule has 0 amide bonds. The summed E-state index contributed by atoms with van der Waals surface area (Å²) in [5.74, 6) is 0.540. The van der Waals surface area contributed by atoms with Gasteiger partial charge in [0.2, 0.25) is 10.0 Å². The van der Waals surface area contributed by atoms with Crippen LogP contribution in [0.3, 0.4) is 0 Å². The number of rotatable bonds is 5. The Morgan fingerprint density at radius 1 is 1.71 bits per heavy atom. The molecule has 0 fully saturated rings. The van der Waals surface area contributed by atoms with E-state index in [9.17, 15) is 8.42 Å². The molecule has 0 spiro atoms. The van der Waals surface area contributed by atoms with Gasteiger partial charge in [-0.3, -0.25) is 0 Å². The zero-order valence-electron chi connectivity index (χ0n) is 7.77. The number of hydrogen-bond acceptors (Lipinski definition) is 4. The van der Waals surface area contributed by atoms with Gasteiger partial charge in [0, 0.05) is 12.4 Å². The first kappa shape index (κ1) is 11.2. The summed E-state index contributed by atoms with van der Waals surface area (Å²) in [4.78, 5) is 6.63. The van der Waals surface area contributed by atoms with Gasteiger partial charge in [0.15, 0.2) is 0 Å². The summed E-state index contributed by atoms with van der Waals surface area (Å²) < 4.78 is 25.0. The first-order chi connectivity index (χ1) is 6.56. The van der Waals surface area contributed by atoms with Crippen molar-refractivity contribution >= 4 is 10.0 Å². The number of aliphatic hydroxyl groups excluding tert-OH is 1. The van der Waals surface area contributed by atoms with Gasteiger partial charge < -0.3 is 10.1 Å². The number of nitrogens with zero attached hydrogens (tertiary/aromatic N) is 1. The molecule has 1 heterocycles. The first-order valence-electron chi connectivity index (χ1n) is 4.14. The number of H-pyrrole nitrogens is 1. The molecule has 0 saturated heterocycles. The van der Waals surface area contributed by atoms with Crippen molar-refractivity contribution in [3.05, 3.63) is 18.2 Å². The Morgan fingerprint density at radius 2 is 2.43 bits per heavy atom. The second-order valence-corrected chi connectivity index (χ2v) is 5.08. The van der Waals surface area contributed by atoms with Gasteiger partial charge >= 0.3 is 0 Å². The lowest BCUT2D eigenvalue weighted by Crippen LogP contribution is -2.34. The molecule has 0 aromatic carbocycles. The molecular weight excluding hydrogens is 206 g/mol. The predicted molar refractivity (Wildman–Crippen MR) is 50.9 cm³/mol. The quantitative estimate of drug-likeness (QED) is 0.604. The maximum Gasteiger partial charge on any atom is 0.216 e. The monoisotopic (exact) mass is 219 g/mol. The fourth-order valence-corrected chi connectivity index (χ4v) is 1.62. The highest BCUT2D eigenvalue weighted by molar-refractivity contribution is 7.90. The van der Waals surface area contributed by atoms with Crippen LogP contribution in [0, 0.1) is 0 Å². The van der Waals surface area contributed by atoms with E-state index < -0.39 is 21.9 Å². The summed E-state index contributed by atoms with van der Waals surface area (Å²) in [6.45, 7) is 1.15. The van der Waals surface area contributed by atoms with Crippen LogP contribution in [0.2, 0.25) is 0 Å². The van der Waals surface area contributed by atoms with E-state index in [1.165, 1.54) is 6.92 Å². The molecule has 0 bridgehead atoms. The predicted octanol–water partition coefficient (Wildman–Crippen LogP) is -0.790. The van der Waals surface area contributed by atoms with Crippen molar-refractivity contribution in [3.63, 3.8) is 0 Å². The summed E-state index contributed by atoms with van der Waals surface area (Å²) in [5.41, 5.74) is 0. The van der Waals surface area contributed by atoms with Gasteiger partial charge in [-0.1, -0.05) is 0 Å². The van der Waals surface area contributed by atoms with Crippen molar-refractivity contribution in [1.82, 2.24) is 14.7 Å². The Balaban J connectivity index is 2.53. The molecular formula is C7H13N3O3S. The van der Waals surface area contributed by atoms with Crippen molar-refractivity contribution in [2.24, 2.45) is 0 Å². The number of nitrogens with one attached hydrogen (secondary N) is 2. The highest BCUT2D eigenvalue weighted by Gasteiger charge is 2.19. The fraction of sp³-hybridized carbons (Fsp3) is 0.571. The van der Waals surface area contributed by atoms with E-state index in [0.717, 1.165) is 0 Å². The van der Waals surface area contributed by atoms with Crippen LogP contribution < -0.4 is 4.72 Å². The number of aromatic nitrogens is 2. The minimum atomic E-state index is -3.45. The second kappa shape index (κ2) is 4.54. The van der Waals surface area contributed by atoms with Crippen LogP contribution in [-0.2, 0) is 16.6 Å². The van der Waals surface area contributed by atoms with E-state index in [1.54, 1.807) is 12.4 Å². The van der Waals surface area contributed by atoms with E-state index >= 15 is 0 Å². The standard InChI is InChI=1S/C7H13N3O3S/c1-6(5-11)14(12,13)10-4-7-8-2-3-9-7/h2-3,6,10-11H,4-5H2,1H3,(H,8,9). The van der Waals surface area contributed by atoms with Crippen molar-refractivity contribution in [2.45, 2.75) is 18.7 Å². The molecule has 6 nitrogen and oxygen atoms in total. The molecule has 3 N–H and O–H groups in total. The van der Waals surface area contributed by atoms with Crippen LogP contribution in [0.4, 0.5) is 0 Å². The smallest absolute Gasteiger partial charge is 0.216 e. The van der Waals surface area contributed by atoms with Crippen molar-refractivity contribution in [1.29, 1.82) is 0 Å². The number of hydrogen-bond donors (Lipinski definition) is 3. The third-order valence-corrected chi connectivity index (χ3v) is 3.54. The normalized spacial score (nSPS) is 14.1. The molecule has 80 valence electrons. The van der Waals surface area contributed by atoms with Gasteiger partial charge in [-0.15, -0.1) is 0 Å². The van der Waals surface area contributed by atoms with Crippen molar-refractivity contribution < 1.29 is 13.5 Å². The topological polar surface area (TPSA) is 95.1 Å². The Labute approximate surface area is 82.4 Å². The molecule has 0 saturated carbocycles. The summed E-state index contributed by atoms with van der Waals surface area (Å²) >= 11 is 0. The summed E-state index contributed by atoms with van der Waals surface area (Å²) in [6, 6.07) is 0. The minimum Gasteiger partial charge on any atom is -0.395 e. The Bertz CT molecular complexity index is 360. The summed E-state index contributed by atoms with van der Waals surface area (Å²) in [5, 5.41) is 7.88. The molecule has 1 aromatic heterocycles. The lowest BCUT2D eigenvalue weighted by atomic mass is 10.5. The molecule has 1 rings (SSSR count). The van der Waals surface area contributed by atoms with E-state index in [2.05, 4.69) is 14.7 Å². The van der Waals surface area contributed by atoms with Crippen LogP contribution in [0.1, 0.15) is 12.7 Å². The fourth-order valence-electron chi connectivity index (χ4n) is 0.804. The third kappa shape index (κ3) is 2.79. The number of imidazole rings is 1. The molecule has 0 aliphatic carbocycles. The maximum absolute atomic E-state index is 11.3. The molecule has 1 unspecified atom stereocenters. The molecule has 1 aromatic rings. The SMILES string of the molecule is CC(CO)S(=O)(=O)NCc1ncc[nH]1. The van der Waals surface area contributed by atoms with Crippen LogP contribution in [-0.4, -0.2) is 35.3 Å². The zero-order chi connectivity index (χ0) is 10.6. The Hall–Kier alpha value is -0.920.